The monoisotopic (exact) mass is 355 g/mol. The van der Waals surface area contributed by atoms with Crippen molar-refractivity contribution >= 4 is 11.8 Å². The van der Waals surface area contributed by atoms with E-state index in [4.69, 9.17) is 5.73 Å². The first-order chi connectivity index (χ1) is 12.5. The van der Waals surface area contributed by atoms with Crippen molar-refractivity contribution in [3.05, 3.63) is 53.9 Å². The molecule has 1 aromatic heterocycles. The summed E-state index contributed by atoms with van der Waals surface area (Å²) in [7, 11) is 0. The van der Waals surface area contributed by atoms with Gasteiger partial charge in [-0.2, -0.15) is 5.10 Å². The maximum absolute atomic E-state index is 12.6. The molecule has 2 aromatic rings. The molecule has 2 amide bonds. The SMILES string of the molecule is Cc1ccnn1CCC(=O)N1CCN(Cc2ccccc2)[C@H](C(N)=O)C1. The van der Waals surface area contributed by atoms with E-state index in [-0.39, 0.29) is 11.8 Å². The summed E-state index contributed by atoms with van der Waals surface area (Å²) >= 11 is 0. The number of hydrogen-bond donors (Lipinski definition) is 1. The van der Waals surface area contributed by atoms with Crippen molar-refractivity contribution in [2.75, 3.05) is 19.6 Å². The minimum absolute atomic E-state index is 0.0329. The summed E-state index contributed by atoms with van der Waals surface area (Å²) in [6.45, 7) is 4.75. The largest absolute Gasteiger partial charge is 0.368 e. The van der Waals surface area contributed by atoms with Crippen LogP contribution >= 0.6 is 0 Å². The normalized spacial score (nSPS) is 18.0. The molecule has 0 radical (unpaired) electrons. The lowest BCUT2D eigenvalue weighted by atomic mass is 10.1. The van der Waals surface area contributed by atoms with E-state index in [1.165, 1.54) is 0 Å². The lowest BCUT2D eigenvalue weighted by Crippen LogP contribution is -2.58. The molecular weight excluding hydrogens is 330 g/mol. The van der Waals surface area contributed by atoms with Gasteiger partial charge in [-0.05, 0) is 18.6 Å². The van der Waals surface area contributed by atoms with Crippen molar-refractivity contribution in [1.29, 1.82) is 0 Å². The minimum Gasteiger partial charge on any atom is -0.368 e. The second-order valence-corrected chi connectivity index (χ2v) is 6.66. The third-order valence-electron chi connectivity index (χ3n) is 4.87. The van der Waals surface area contributed by atoms with E-state index >= 15 is 0 Å². The third-order valence-corrected chi connectivity index (χ3v) is 4.87. The summed E-state index contributed by atoms with van der Waals surface area (Å²) in [5, 5.41) is 4.20. The molecule has 0 unspecified atom stereocenters. The Bertz CT molecular complexity index is 758. The van der Waals surface area contributed by atoms with E-state index in [9.17, 15) is 9.59 Å². The number of aromatic nitrogens is 2. The summed E-state index contributed by atoms with van der Waals surface area (Å²) in [5.74, 6) is -0.355. The molecule has 26 heavy (non-hydrogen) atoms. The van der Waals surface area contributed by atoms with Crippen LogP contribution in [0, 0.1) is 6.92 Å². The number of aryl methyl sites for hydroxylation is 2. The third kappa shape index (κ3) is 4.29. The van der Waals surface area contributed by atoms with Gasteiger partial charge in [0.25, 0.3) is 0 Å². The fourth-order valence-corrected chi connectivity index (χ4v) is 3.32. The van der Waals surface area contributed by atoms with Gasteiger partial charge in [-0.3, -0.25) is 19.2 Å². The highest BCUT2D eigenvalue weighted by Gasteiger charge is 2.32. The fraction of sp³-hybridized carbons (Fsp3) is 0.421. The van der Waals surface area contributed by atoms with E-state index in [0.29, 0.717) is 39.1 Å². The molecule has 1 fully saturated rings. The second kappa shape index (κ2) is 8.14. The summed E-state index contributed by atoms with van der Waals surface area (Å²) in [5.41, 5.74) is 7.77. The highest BCUT2D eigenvalue weighted by molar-refractivity contribution is 5.82. The summed E-state index contributed by atoms with van der Waals surface area (Å²) < 4.78 is 1.81. The Morgan fingerprint density at radius 2 is 1.96 bits per heavy atom. The first kappa shape index (κ1) is 18.1. The molecule has 1 saturated heterocycles. The molecule has 1 aliphatic heterocycles. The minimum atomic E-state index is -0.459. The van der Waals surface area contributed by atoms with Gasteiger partial charge in [0.1, 0.15) is 6.04 Å². The maximum atomic E-state index is 12.6. The van der Waals surface area contributed by atoms with Crippen LogP contribution in [0.4, 0.5) is 0 Å². The second-order valence-electron chi connectivity index (χ2n) is 6.66. The number of rotatable bonds is 6. The Morgan fingerprint density at radius 3 is 2.62 bits per heavy atom. The maximum Gasteiger partial charge on any atom is 0.236 e. The van der Waals surface area contributed by atoms with Gasteiger partial charge >= 0.3 is 0 Å². The van der Waals surface area contributed by atoms with Crippen LogP contribution in [0.3, 0.4) is 0 Å². The average Bonchev–Trinajstić information content (AvgIpc) is 3.05. The van der Waals surface area contributed by atoms with Crippen LogP contribution in [0.2, 0.25) is 0 Å². The van der Waals surface area contributed by atoms with Gasteiger partial charge in [-0.25, -0.2) is 0 Å². The van der Waals surface area contributed by atoms with Gasteiger partial charge in [0, 0.05) is 51.0 Å². The molecule has 7 heteroatoms. The smallest absolute Gasteiger partial charge is 0.236 e. The van der Waals surface area contributed by atoms with Gasteiger partial charge in [-0.1, -0.05) is 30.3 Å². The van der Waals surface area contributed by atoms with E-state index in [2.05, 4.69) is 10.00 Å². The predicted octanol–water partition coefficient (Wildman–Crippen LogP) is 0.780. The molecule has 0 bridgehead atoms. The van der Waals surface area contributed by atoms with Crippen LogP contribution in [-0.2, 0) is 22.7 Å². The Hall–Kier alpha value is -2.67. The van der Waals surface area contributed by atoms with Crippen molar-refractivity contribution in [1.82, 2.24) is 19.6 Å². The standard InChI is InChI=1S/C19H25N5O2/c1-15-7-9-21-24(15)10-8-18(25)23-12-11-22(17(14-23)19(20)26)13-16-5-3-2-4-6-16/h2-7,9,17H,8,10-14H2,1H3,(H2,20,26)/t17-/m0/s1. The molecule has 1 aromatic carbocycles. The van der Waals surface area contributed by atoms with Gasteiger partial charge in [-0.15, -0.1) is 0 Å². The predicted molar refractivity (Wildman–Crippen MR) is 98.0 cm³/mol. The molecular formula is C19H25N5O2. The number of carbonyl (C=O) groups is 2. The van der Waals surface area contributed by atoms with Crippen molar-refractivity contribution in [3.8, 4) is 0 Å². The van der Waals surface area contributed by atoms with Crippen LogP contribution < -0.4 is 5.73 Å². The van der Waals surface area contributed by atoms with Gasteiger partial charge in [0.2, 0.25) is 11.8 Å². The lowest BCUT2D eigenvalue weighted by molar-refractivity contribution is -0.137. The zero-order chi connectivity index (χ0) is 18.5. The summed E-state index contributed by atoms with van der Waals surface area (Å²) in [4.78, 5) is 28.3. The van der Waals surface area contributed by atoms with Gasteiger partial charge in [0.05, 0.1) is 0 Å². The number of amides is 2. The lowest BCUT2D eigenvalue weighted by Gasteiger charge is -2.40. The first-order valence-corrected chi connectivity index (χ1v) is 8.88. The molecule has 1 aliphatic rings. The molecule has 138 valence electrons. The van der Waals surface area contributed by atoms with E-state index in [0.717, 1.165) is 11.3 Å². The molecule has 3 rings (SSSR count). The molecule has 2 N–H and O–H groups in total. The van der Waals surface area contributed by atoms with Crippen molar-refractivity contribution < 1.29 is 9.59 Å². The fourth-order valence-electron chi connectivity index (χ4n) is 3.32. The highest BCUT2D eigenvalue weighted by Crippen LogP contribution is 2.15. The molecule has 0 saturated carbocycles. The number of nitrogens with zero attached hydrogens (tertiary/aromatic N) is 4. The molecule has 1 atom stereocenters. The zero-order valence-corrected chi connectivity index (χ0v) is 15.0. The van der Waals surface area contributed by atoms with Crippen LogP contribution in [0.1, 0.15) is 17.7 Å². The summed E-state index contributed by atoms with van der Waals surface area (Å²) in [6, 6.07) is 11.4. The van der Waals surface area contributed by atoms with Crippen molar-refractivity contribution in [2.24, 2.45) is 5.73 Å². The Labute approximate surface area is 153 Å². The van der Waals surface area contributed by atoms with E-state index in [1.54, 1.807) is 11.1 Å². The van der Waals surface area contributed by atoms with E-state index < -0.39 is 6.04 Å². The molecule has 7 nitrogen and oxygen atoms in total. The Balaban J connectivity index is 1.59. The number of benzene rings is 1. The molecule has 0 aliphatic carbocycles. The number of carbonyl (C=O) groups excluding carboxylic acids is 2. The zero-order valence-electron chi connectivity index (χ0n) is 15.0. The van der Waals surface area contributed by atoms with Gasteiger partial charge < -0.3 is 10.6 Å². The average molecular weight is 355 g/mol. The number of piperazine rings is 1. The number of primary amides is 1. The Morgan fingerprint density at radius 1 is 1.19 bits per heavy atom. The quantitative estimate of drug-likeness (QED) is 0.830. The van der Waals surface area contributed by atoms with Crippen LogP contribution in [0.5, 0.6) is 0 Å². The van der Waals surface area contributed by atoms with Crippen molar-refractivity contribution in [2.45, 2.75) is 32.5 Å². The first-order valence-electron chi connectivity index (χ1n) is 8.88. The van der Waals surface area contributed by atoms with Crippen LogP contribution in [0.25, 0.3) is 0 Å². The van der Waals surface area contributed by atoms with E-state index in [1.807, 2.05) is 48.0 Å². The van der Waals surface area contributed by atoms with Gasteiger partial charge in [0.15, 0.2) is 0 Å². The molecule has 2 heterocycles. The van der Waals surface area contributed by atoms with Crippen LogP contribution in [0.15, 0.2) is 42.6 Å². The van der Waals surface area contributed by atoms with Crippen LogP contribution in [-0.4, -0.2) is 57.1 Å². The number of hydrogen-bond acceptors (Lipinski definition) is 4. The highest BCUT2D eigenvalue weighted by atomic mass is 16.2. The topological polar surface area (TPSA) is 84.5 Å². The van der Waals surface area contributed by atoms with Crippen molar-refractivity contribution in [3.63, 3.8) is 0 Å². The molecule has 0 spiro atoms. The number of nitrogens with two attached hydrogens (primary N) is 1. The Kier molecular flexibility index (Phi) is 5.68. The summed E-state index contributed by atoms with van der Waals surface area (Å²) in [6.07, 6.45) is 2.10.